The van der Waals surface area contributed by atoms with E-state index >= 15 is 0 Å². The SMILES string of the molecule is COc1ccc(-c2cn3cc(C4=CCN(S(=O)(=O)c5ccc(F)cc5)CC4)ccc3n2)cc1OC. The monoisotopic (exact) mass is 493 g/mol. The number of methoxy groups -OCH3 is 2. The number of rotatable bonds is 6. The van der Waals surface area contributed by atoms with Crippen LogP contribution in [-0.2, 0) is 10.0 Å². The zero-order valence-corrected chi connectivity index (χ0v) is 20.1. The lowest BCUT2D eigenvalue weighted by atomic mass is 10.0. The second-order valence-electron chi connectivity index (χ2n) is 8.18. The van der Waals surface area contributed by atoms with Crippen molar-refractivity contribution in [2.24, 2.45) is 0 Å². The van der Waals surface area contributed by atoms with E-state index in [9.17, 15) is 12.8 Å². The third kappa shape index (κ3) is 4.40. The first-order valence-electron chi connectivity index (χ1n) is 11.1. The van der Waals surface area contributed by atoms with E-state index < -0.39 is 15.8 Å². The van der Waals surface area contributed by atoms with Crippen molar-refractivity contribution in [3.05, 3.63) is 84.4 Å². The van der Waals surface area contributed by atoms with Crippen LogP contribution in [0.3, 0.4) is 0 Å². The second-order valence-corrected chi connectivity index (χ2v) is 10.1. The highest BCUT2D eigenvalue weighted by Gasteiger charge is 2.26. The smallest absolute Gasteiger partial charge is 0.243 e. The molecule has 0 N–H and O–H groups in total. The molecule has 2 aromatic carbocycles. The number of nitrogens with zero attached hydrogens (tertiary/aromatic N) is 3. The number of hydrogen-bond acceptors (Lipinski definition) is 5. The average molecular weight is 494 g/mol. The maximum absolute atomic E-state index is 13.2. The lowest BCUT2D eigenvalue weighted by Gasteiger charge is -2.26. The molecule has 0 unspecified atom stereocenters. The van der Waals surface area contributed by atoms with Crippen LogP contribution in [0.2, 0.25) is 0 Å². The molecule has 0 aliphatic carbocycles. The van der Waals surface area contributed by atoms with Crippen LogP contribution in [0.5, 0.6) is 11.5 Å². The summed E-state index contributed by atoms with van der Waals surface area (Å²) in [5.74, 6) is 0.825. The molecule has 0 bridgehead atoms. The van der Waals surface area contributed by atoms with Gasteiger partial charge in [-0.1, -0.05) is 6.08 Å². The first kappa shape index (κ1) is 23.1. The molecule has 3 heterocycles. The Morgan fingerprint density at radius 3 is 2.34 bits per heavy atom. The molecule has 0 fully saturated rings. The molecule has 0 spiro atoms. The molecular weight excluding hydrogens is 469 g/mol. The van der Waals surface area contributed by atoms with Crippen LogP contribution in [0, 0.1) is 5.82 Å². The normalized spacial score (nSPS) is 14.7. The highest BCUT2D eigenvalue weighted by atomic mass is 32.2. The minimum Gasteiger partial charge on any atom is -0.493 e. The fraction of sp³-hybridized carbons (Fsp3) is 0.192. The average Bonchev–Trinajstić information content (AvgIpc) is 3.32. The Morgan fingerprint density at radius 2 is 1.66 bits per heavy atom. The van der Waals surface area contributed by atoms with E-state index in [4.69, 9.17) is 14.5 Å². The number of hydrogen-bond donors (Lipinski definition) is 0. The van der Waals surface area contributed by atoms with Crippen molar-refractivity contribution in [1.82, 2.24) is 13.7 Å². The summed E-state index contributed by atoms with van der Waals surface area (Å²) >= 11 is 0. The molecule has 9 heteroatoms. The predicted octanol–water partition coefficient (Wildman–Crippen LogP) is 4.64. The number of imidazole rings is 1. The van der Waals surface area contributed by atoms with E-state index in [1.165, 1.54) is 16.4 Å². The van der Waals surface area contributed by atoms with Gasteiger partial charge in [0.25, 0.3) is 0 Å². The van der Waals surface area contributed by atoms with Gasteiger partial charge in [0.15, 0.2) is 11.5 Å². The topological polar surface area (TPSA) is 73.1 Å². The van der Waals surface area contributed by atoms with Gasteiger partial charge in [-0.05, 0) is 72.2 Å². The molecule has 2 aromatic heterocycles. The Labute approximate surface area is 203 Å². The summed E-state index contributed by atoms with van der Waals surface area (Å²) in [6.45, 7) is 0.609. The summed E-state index contributed by atoms with van der Waals surface area (Å²) in [7, 11) is -0.472. The van der Waals surface area contributed by atoms with Gasteiger partial charge in [-0.2, -0.15) is 4.31 Å². The van der Waals surface area contributed by atoms with Crippen LogP contribution in [0.25, 0.3) is 22.5 Å². The van der Waals surface area contributed by atoms with Crippen molar-refractivity contribution < 1.29 is 22.3 Å². The van der Waals surface area contributed by atoms with Crippen molar-refractivity contribution in [1.29, 1.82) is 0 Å². The number of halogens is 1. The van der Waals surface area contributed by atoms with Gasteiger partial charge in [0.05, 0.1) is 24.8 Å². The quantitative estimate of drug-likeness (QED) is 0.391. The van der Waals surface area contributed by atoms with Crippen LogP contribution < -0.4 is 9.47 Å². The summed E-state index contributed by atoms with van der Waals surface area (Å²) in [6.07, 6.45) is 6.46. The number of pyridine rings is 1. The highest BCUT2D eigenvalue weighted by molar-refractivity contribution is 7.89. The Kier molecular flexibility index (Phi) is 6.04. The first-order chi connectivity index (χ1) is 16.9. The van der Waals surface area contributed by atoms with Gasteiger partial charge in [-0.25, -0.2) is 17.8 Å². The summed E-state index contributed by atoms with van der Waals surface area (Å²) in [6, 6.07) is 14.5. The van der Waals surface area contributed by atoms with Crippen molar-refractivity contribution in [2.45, 2.75) is 11.3 Å². The zero-order chi connectivity index (χ0) is 24.6. The molecule has 0 radical (unpaired) electrons. The van der Waals surface area contributed by atoms with E-state index in [1.54, 1.807) is 14.2 Å². The van der Waals surface area contributed by atoms with Crippen molar-refractivity contribution >= 4 is 21.2 Å². The van der Waals surface area contributed by atoms with Crippen LogP contribution >= 0.6 is 0 Å². The molecule has 5 rings (SSSR count). The fourth-order valence-electron chi connectivity index (χ4n) is 4.20. The molecular formula is C26H24FN3O4S. The lowest BCUT2D eigenvalue weighted by Crippen LogP contribution is -2.34. The minimum absolute atomic E-state index is 0.0956. The Bertz CT molecular complexity index is 1530. The van der Waals surface area contributed by atoms with E-state index in [1.807, 2.05) is 53.2 Å². The third-order valence-corrected chi connectivity index (χ3v) is 8.00. The van der Waals surface area contributed by atoms with Crippen LogP contribution in [0.15, 0.2) is 78.0 Å². The van der Waals surface area contributed by atoms with Crippen molar-refractivity contribution in [2.75, 3.05) is 27.3 Å². The molecule has 180 valence electrons. The maximum atomic E-state index is 13.2. The highest BCUT2D eigenvalue weighted by Crippen LogP contribution is 2.32. The van der Waals surface area contributed by atoms with Gasteiger partial charge in [0.1, 0.15) is 11.5 Å². The van der Waals surface area contributed by atoms with Gasteiger partial charge in [-0.3, -0.25) is 0 Å². The molecule has 0 saturated heterocycles. The van der Waals surface area contributed by atoms with Gasteiger partial charge in [-0.15, -0.1) is 0 Å². The second kappa shape index (κ2) is 9.16. The molecule has 35 heavy (non-hydrogen) atoms. The summed E-state index contributed by atoms with van der Waals surface area (Å²) in [5, 5.41) is 0. The number of benzene rings is 2. The summed E-state index contributed by atoms with van der Waals surface area (Å²) in [4.78, 5) is 4.81. The van der Waals surface area contributed by atoms with E-state index in [0.717, 1.165) is 40.2 Å². The van der Waals surface area contributed by atoms with Crippen LogP contribution in [0.1, 0.15) is 12.0 Å². The predicted molar refractivity (Wildman–Crippen MR) is 131 cm³/mol. The molecule has 7 nitrogen and oxygen atoms in total. The first-order valence-corrected chi connectivity index (χ1v) is 12.5. The van der Waals surface area contributed by atoms with Gasteiger partial charge < -0.3 is 13.9 Å². The molecule has 4 aromatic rings. The number of aromatic nitrogens is 2. The molecule has 1 aliphatic heterocycles. The zero-order valence-electron chi connectivity index (χ0n) is 19.3. The number of fused-ring (bicyclic) bond motifs is 1. The van der Waals surface area contributed by atoms with Gasteiger partial charge in [0, 0.05) is 31.0 Å². The van der Waals surface area contributed by atoms with Gasteiger partial charge in [0.2, 0.25) is 10.0 Å². The Hall–Kier alpha value is -3.69. The minimum atomic E-state index is -3.67. The Morgan fingerprint density at radius 1 is 0.914 bits per heavy atom. The van der Waals surface area contributed by atoms with Crippen LogP contribution in [-0.4, -0.2) is 49.4 Å². The fourth-order valence-corrected chi connectivity index (χ4v) is 5.58. The van der Waals surface area contributed by atoms with E-state index in [2.05, 4.69) is 0 Å². The summed E-state index contributed by atoms with van der Waals surface area (Å²) in [5.41, 5.74) is 4.59. The van der Waals surface area contributed by atoms with E-state index in [0.29, 0.717) is 24.5 Å². The standard InChI is InChI=1S/C26H24FN3O4S/c1-33-24-9-3-19(15-25(24)34-2)23-17-29-16-20(4-10-26(29)28-23)18-11-13-30(14-12-18)35(31,32)22-7-5-21(27)6-8-22/h3-11,15-17H,12-14H2,1-2H3. The third-order valence-electron chi connectivity index (χ3n) is 6.12. The molecule has 0 amide bonds. The van der Waals surface area contributed by atoms with Crippen molar-refractivity contribution in [3.63, 3.8) is 0 Å². The largest absolute Gasteiger partial charge is 0.493 e. The molecule has 0 saturated carbocycles. The molecule has 1 aliphatic rings. The maximum Gasteiger partial charge on any atom is 0.243 e. The lowest BCUT2D eigenvalue weighted by molar-refractivity contribution is 0.355. The van der Waals surface area contributed by atoms with Gasteiger partial charge >= 0.3 is 0 Å². The molecule has 0 atom stereocenters. The number of ether oxygens (including phenoxy) is 2. The van der Waals surface area contributed by atoms with Crippen LogP contribution in [0.4, 0.5) is 4.39 Å². The van der Waals surface area contributed by atoms with Crippen molar-refractivity contribution in [3.8, 4) is 22.8 Å². The summed E-state index contributed by atoms with van der Waals surface area (Å²) < 4.78 is 53.1. The van der Waals surface area contributed by atoms with E-state index in [-0.39, 0.29) is 11.4 Å². The Balaban J connectivity index is 1.38. The number of sulfonamides is 1.